The normalized spacial score (nSPS) is 13.9. The number of rotatable bonds is 5. The van der Waals surface area contributed by atoms with E-state index >= 15 is 0 Å². The second kappa shape index (κ2) is 8.60. The van der Waals surface area contributed by atoms with Crippen molar-refractivity contribution in [3.63, 3.8) is 0 Å². The van der Waals surface area contributed by atoms with Crippen LogP contribution >= 0.6 is 0 Å². The number of hydrogen-bond acceptors (Lipinski definition) is 6. The maximum absolute atomic E-state index is 13.1. The van der Waals surface area contributed by atoms with E-state index < -0.39 is 11.8 Å². The van der Waals surface area contributed by atoms with Gasteiger partial charge in [0.2, 0.25) is 0 Å². The molecule has 0 atom stereocenters. The van der Waals surface area contributed by atoms with Gasteiger partial charge in [-0.25, -0.2) is 9.18 Å². The van der Waals surface area contributed by atoms with Gasteiger partial charge in [-0.15, -0.1) is 0 Å². The summed E-state index contributed by atoms with van der Waals surface area (Å²) in [5.41, 5.74) is 6.69. The summed E-state index contributed by atoms with van der Waals surface area (Å²) in [7, 11) is 1.62. The Morgan fingerprint density at radius 2 is 1.75 bits per heavy atom. The predicted octanol–water partition coefficient (Wildman–Crippen LogP) is 1.92. The first-order chi connectivity index (χ1) is 13.5. The van der Waals surface area contributed by atoms with E-state index in [4.69, 9.17) is 15.2 Å². The minimum absolute atomic E-state index is 0.0226. The molecule has 1 amide bonds. The van der Waals surface area contributed by atoms with E-state index in [1.165, 1.54) is 6.07 Å². The molecule has 0 radical (unpaired) electrons. The molecule has 8 heteroatoms. The fourth-order valence-corrected chi connectivity index (χ4v) is 3.02. The van der Waals surface area contributed by atoms with Gasteiger partial charge in [-0.05, 0) is 42.5 Å². The first-order valence-corrected chi connectivity index (χ1v) is 8.87. The molecule has 7 nitrogen and oxygen atoms in total. The molecule has 0 aromatic heterocycles. The van der Waals surface area contributed by atoms with Crippen molar-refractivity contribution in [3.05, 3.63) is 53.8 Å². The van der Waals surface area contributed by atoms with Gasteiger partial charge in [0.1, 0.15) is 11.6 Å². The maximum atomic E-state index is 13.1. The summed E-state index contributed by atoms with van der Waals surface area (Å²) in [5, 5.41) is 0. The van der Waals surface area contributed by atoms with Gasteiger partial charge in [0.25, 0.3) is 5.91 Å². The maximum Gasteiger partial charge on any atom is 0.340 e. The van der Waals surface area contributed by atoms with Crippen LogP contribution in [0.5, 0.6) is 5.75 Å². The number of carbonyl (C=O) groups is 2. The first kappa shape index (κ1) is 19.5. The zero-order valence-corrected chi connectivity index (χ0v) is 15.6. The summed E-state index contributed by atoms with van der Waals surface area (Å²) in [4.78, 5) is 28.2. The van der Waals surface area contributed by atoms with Crippen LogP contribution in [0.2, 0.25) is 0 Å². The lowest BCUT2D eigenvalue weighted by atomic mass is 10.2. The van der Waals surface area contributed by atoms with Gasteiger partial charge in [-0.1, -0.05) is 0 Å². The highest BCUT2D eigenvalue weighted by molar-refractivity contribution is 5.96. The zero-order valence-electron chi connectivity index (χ0n) is 15.6. The molecule has 1 saturated heterocycles. The average molecular weight is 387 g/mol. The van der Waals surface area contributed by atoms with Gasteiger partial charge >= 0.3 is 5.97 Å². The molecule has 0 spiro atoms. The van der Waals surface area contributed by atoms with E-state index in [0.717, 1.165) is 23.6 Å². The van der Waals surface area contributed by atoms with Crippen LogP contribution in [0.1, 0.15) is 10.4 Å². The molecule has 0 unspecified atom stereocenters. The Morgan fingerprint density at radius 3 is 2.36 bits per heavy atom. The monoisotopic (exact) mass is 387 g/mol. The van der Waals surface area contributed by atoms with E-state index in [-0.39, 0.29) is 23.8 Å². The number of nitrogens with two attached hydrogens (primary N) is 1. The molecule has 1 aliphatic rings. The Morgan fingerprint density at radius 1 is 1.07 bits per heavy atom. The Bertz CT molecular complexity index is 849. The Labute approximate surface area is 162 Å². The Balaban J connectivity index is 1.49. The highest BCUT2D eigenvalue weighted by Gasteiger charge is 2.23. The van der Waals surface area contributed by atoms with Crippen molar-refractivity contribution >= 4 is 23.3 Å². The summed E-state index contributed by atoms with van der Waals surface area (Å²) in [6.07, 6.45) is 0. The van der Waals surface area contributed by atoms with Gasteiger partial charge < -0.3 is 25.0 Å². The molecule has 0 aliphatic carbocycles. The molecule has 1 aliphatic heterocycles. The van der Waals surface area contributed by atoms with Crippen LogP contribution in [0.15, 0.2) is 42.5 Å². The van der Waals surface area contributed by atoms with E-state index in [2.05, 4.69) is 4.90 Å². The number of nitrogen functional groups attached to an aromatic ring is 1. The molecule has 2 aromatic rings. The number of nitrogens with zero attached hydrogens (tertiary/aromatic N) is 2. The molecule has 148 valence electrons. The number of halogens is 1. The van der Waals surface area contributed by atoms with Crippen LogP contribution < -0.4 is 15.4 Å². The van der Waals surface area contributed by atoms with Gasteiger partial charge in [0, 0.05) is 37.6 Å². The average Bonchev–Trinajstić information content (AvgIpc) is 2.72. The van der Waals surface area contributed by atoms with E-state index in [0.29, 0.717) is 26.2 Å². The van der Waals surface area contributed by atoms with Crippen molar-refractivity contribution in [1.82, 2.24) is 4.90 Å². The zero-order chi connectivity index (χ0) is 20.1. The summed E-state index contributed by atoms with van der Waals surface area (Å²) in [6, 6.07) is 11.1. The van der Waals surface area contributed by atoms with Crippen LogP contribution in [0.4, 0.5) is 15.8 Å². The molecule has 28 heavy (non-hydrogen) atoms. The topological polar surface area (TPSA) is 85.1 Å². The van der Waals surface area contributed by atoms with Crippen LogP contribution in [0.25, 0.3) is 0 Å². The van der Waals surface area contributed by atoms with Crippen LogP contribution in [0, 0.1) is 5.82 Å². The lowest BCUT2D eigenvalue weighted by Gasteiger charge is -2.36. The number of benzene rings is 2. The van der Waals surface area contributed by atoms with Crippen LogP contribution in [-0.4, -0.2) is 56.7 Å². The smallest absolute Gasteiger partial charge is 0.340 e. The van der Waals surface area contributed by atoms with Crippen molar-refractivity contribution in [2.45, 2.75) is 0 Å². The second-order valence-corrected chi connectivity index (χ2v) is 6.37. The third-order valence-corrected chi connectivity index (χ3v) is 4.63. The standard InChI is InChI=1S/C20H22FN3O4/c1-27-16-5-3-15(4-6-16)23-8-10-24(11-9-23)19(25)13-28-20(26)17-7-2-14(21)12-18(17)22/h2-7,12H,8-11,13,22H2,1H3. The van der Waals surface area contributed by atoms with Crippen molar-refractivity contribution in [1.29, 1.82) is 0 Å². The predicted molar refractivity (Wildman–Crippen MR) is 103 cm³/mol. The molecule has 1 heterocycles. The molecule has 3 rings (SSSR count). The van der Waals surface area contributed by atoms with Crippen LogP contribution in [-0.2, 0) is 9.53 Å². The molecule has 1 fully saturated rings. The van der Waals surface area contributed by atoms with E-state index in [9.17, 15) is 14.0 Å². The fraction of sp³-hybridized carbons (Fsp3) is 0.300. The quantitative estimate of drug-likeness (QED) is 0.623. The number of hydrogen-bond donors (Lipinski definition) is 1. The third kappa shape index (κ3) is 4.51. The van der Waals surface area contributed by atoms with Gasteiger partial charge in [0.05, 0.1) is 12.7 Å². The Kier molecular flexibility index (Phi) is 5.98. The first-order valence-electron chi connectivity index (χ1n) is 8.87. The highest BCUT2D eigenvalue weighted by atomic mass is 19.1. The number of piperazine rings is 1. The third-order valence-electron chi connectivity index (χ3n) is 4.63. The number of ether oxygens (including phenoxy) is 2. The molecular weight excluding hydrogens is 365 g/mol. The number of amides is 1. The lowest BCUT2D eigenvalue weighted by molar-refractivity contribution is -0.134. The van der Waals surface area contributed by atoms with Crippen LogP contribution in [0.3, 0.4) is 0 Å². The van der Waals surface area contributed by atoms with Crippen molar-refractivity contribution in [2.24, 2.45) is 0 Å². The molecule has 2 aromatic carbocycles. The number of anilines is 2. The van der Waals surface area contributed by atoms with Gasteiger partial charge in [-0.2, -0.15) is 0 Å². The molecular formula is C20H22FN3O4. The Hall–Kier alpha value is -3.29. The van der Waals surface area contributed by atoms with Gasteiger partial charge in [-0.3, -0.25) is 4.79 Å². The number of esters is 1. The van der Waals surface area contributed by atoms with E-state index in [1.807, 2.05) is 24.3 Å². The SMILES string of the molecule is COc1ccc(N2CCN(C(=O)COC(=O)c3ccc(F)cc3N)CC2)cc1. The fourth-order valence-electron chi connectivity index (χ4n) is 3.02. The summed E-state index contributed by atoms with van der Waals surface area (Å²) < 4.78 is 23.3. The molecule has 2 N–H and O–H groups in total. The van der Waals surface area contributed by atoms with Crippen molar-refractivity contribution in [3.8, 4) is 5.75 Å². The summed E-state index contributed by atoms with van der Waals surface area (Å²) >= 11 is 0. The second-order valence-electron chi connectivity index (χ2n) is 6.37. The van der Waals surface area contributed by atoms with E-state index in [1.54, 1.807) is 12.0 Å². The minimum Gasteiger partial charge on any atom is -0.497 e. The number of carbonyl (C=O) groups excluding carboxylic acids is 2. The van der Waals surface area contributed by atoms with Crippen molar-refractivity contribution in [2.75, 3.05) is 50.5 Å². The largest absolute Gasteiger partial charge is 0.497 e. The summed E-state index contributed by atoms with van der Waals surface area (Å²) in [6.45, 7) is 2.04. The van der Waals surface area contributed by atoms with Gasteiger partial charge in [0.15, 0.2) is 6.61 Å². The minimum atomic E-state index is -0.747. The van der Waals surface area contributed by atoms with Crippen molar-refractivity contribution < 1.29 is 23.5 Å². The lowest BCUT2D eigenvalue weighted by Crippen LogP contribution is -2.49. The molecule has 0 saturated carbocycles. The summed E-state index contributed by atoms with van der Waals surface area (Å²) in [5.74, 6) is -0.771. The number of methoxy groups -OCH3 is 1. The molecule has 0 bridgehead atoms. The highest BCUT2D eigenvalue weighted by Crippen LogP contribution is 2.20.